The average Bonchev–Trinajstić information content (AvgIpc) is 2.56. The number of hydrogen-bond acceptors (Lipinski definition) is 4. The van der Waals surface area contributed by atoms with Gasteiger partial charge in [-0.05, 0) is 48.3 Å². The molecule has 1 aliphatic rings. The fraction of sp³-hybridized carbons (Fsp3) is 0.294. The quantitative estimate of drug-likeness (QED) is 0.906. The van der Waals surface area contributed by atoms with Crippen LogP contribution in [0, 0.1) is 0 Å². The molecule has 3 rings (SSSR count). The topological polar surface area (TPSA) is 66.0 Å². The van der Waals surface area contributed by atoms with Gasteiger partial charge in [0.1, 0.15) is 10.7 Å². The van der Waals surface area contributed by atoms with E-state index in [9.17, 15) is 4.79 Å². The lowest BCUT2D eigenvalue weighted by Crippen LogP contribution is -2.10. The van der Waals surface area contributed by atoms with Gasteiger partial charge in [0, 0.05) is 11.8 Å². The fourth-order valence-electron chi connectivity index (χ4n) is 2.66. The lowest BCUT2D eigenvalue weighted by molar-refractivity contribution is 0.280. The van der Waals surface area contributed by atoms with Gasteiger partial charge in [0.2, 0.25) is 0 Å². The number of aromatic nitrogens is 2. The summed E-state index contributed by atoms with van der Waals surface area (Å²) in [6, 6.07) is 3.64. The van der Waals surface area contributed by atoms with Crippen LogP contribution in [0.2, 0.25) is 0 Å². The van der Waals surface area contributed by atoms with E-state index in [4.69, 9.17) is 5.11 Å². The fourth-order valence-corrected chi connectivity index (χ4v) is 3.75. The highest BCUT2D eigenvalue weighted by molar-refractivity contribution is 8.03. The number of H-pyrrole nitrogens is 1. The van der Waals surface area contributed by atoms with E-state index >= 15 is 0 Å². The van der Waals surface area contributed by atoms with Gasteiger partial charge in [-0.3, -0.25) is 4.79 Å². The zero-order chi connectivity index (χ0) is 15.5. The lowest BCUT2D eigenvalue weighted by Gasteiger charge is -2.17. The first-order valence-corrected chi connectivity index (χ1v) is 8.19. The highest BCUT2D eigenvalue weighted by Crippen LogP contribution is 2.37. The van der Waals surface area contributed by atoms with Crippen molar-refractivity contribution in [2.75, 3.05) is 0 Å². The SMILES string of the molecule is C=CC1=C(Sc2ccc3c(=O)c(CO)c[nH]c3n2)CCCC1. The molecule has 1 aliphatic carbocycles. The Morgan fingerprint density at radius 3 is 2.95 bits per heavy atom. The third-order valence-corrected chi connectivity index (χ3v) is 5.04. The van der Waals surface area contributed by atoms with E-state index in [0.717, 1.165) is 17.9 Å². The average molecular weight is 314 g/mol. The van der Waals surface area contributed by atoms with Crippen LogP contribution in [0.25, 0.3) is 11.0 Å². The van der Waals surface area contributed by atoms with Crippen molar-refractivity contribution < 1.29 is 5.11 Å². The van der Waals surface area contributed by atoms with Crippen LogP contribution in [0.3, 0.4) is 0 Å². The number of aliphatic hydroxyl groups excluding tert-OH is 1. The number of nitrogens with zero attached hydrogens (tertiary/aromatic N) is 1. The molecule has 0 aliphatic heterocycles. The number of fused-ring (bicyclic) bond motifs is 1. The Hall–Kier alpha value is -1.85. The van der Waals surface area contributed by atoms with E-state index < -0.39 is 0 Å². The standard InChI is InChI=1S/C17H18N2O2S/c1-2-11-5-3-4-6-14(11)22-15-8-7-13-16(21)12(10-20)9-18-17(13)19-15/h2,7-9,20H,1,3-6,10H2,(H,18,19,21). The number of rotatable bonds is 4. The first kappa shape index (κ1) is 15.1. The van der Waals surface area contributed by atoms with Gasteiger partial charge < -0.3 is 10.1 Å². The zero-order valence-electron chi connectivity index (χ0n) is 12.3. The molecule has 0 bridgehead atoms. The van der Waals surface area contributed by atoms with Crippen LogP contribution in [-0.4, -0.2) is 15.1 Å². The van der Waals surface area contributed by atoms with E-state index in [-0.39, 0.29) is 12.0 Å². The maximum atomic E-state index is 12.1. The maximum Gasteiger partial charge on any atom is 0.196 e. The molecular weight excluding hydrogens is 296 g/mol. The highest BCUT2D eigenvalue weighted by Gasteiger charge is 2.13. The van der Waals surface area contributed by atoms with Gasteiger partial charge in [0.15, 0.2) is 5.43 Å². The van der Waals surface area contributed by atoms with Crippen molar-refractivity contribution in [1.82, 2.24) is 9.97 Å². The van der Waals surface area contributed by atoms with Crippen molar-refractivity contribution in [2.45, 2.75) is 37.3 Å². The van der Waals surface area contributed by atoms with Gasteiger partial charge in [-0.2, -0.15) is 0 Å². The van der Waals surface area contributed by atoms with E-state index in [1.165, 1.54) is 29.5 Å². The largest absolute Gasteiger partial charge is 0.391 e. The minimum absolute atomic E-state index is 0.163. The third kappa shape index (κ3) is 2.87. The van der Waals surface area contributed by atoms with Crippen LogP contribution < -0.4 is 5.43 Å². The second-order valence-electron chi connectivity index (χ2n) is 5.31. The van der Waals surface area contributed by atoms with Crippen LogP contribution in [-0.2, 0) is 6.61 Å². The third-order valence-electron chi connectivity index (χ3n) is 3.89. The van der Waals surface area contributed by atoms with Crippen molar-refractivity contribution in [3.63, 3.8) is 0 Å². The van der Waals surface area contributed by atoms with Crippen molar-refractivity contribution in [2.24, 2.45) is 0 Å². The zero-order valence-corrected chi connectivity index (χ0v) is 13.1. The molecule has 0 fully saturated rings. The maximum absolute atomic E-state index is 12.1. The number of hydrogen-bond donors (Lipinski definition) is 2. The number of aliphatic hydroxyl groups is 1. The van der Waals surface area contributed by atoms with Crippen LogP contribution in [0.1, 0.15) is 31.2 Å². The first-order chi connectivity index (χ1) is 10.7. The molecule has 0 aromatic carbocycles. The second kappa shape index (κ2) is 6.50. The van der Waals surface area contributed by atoms with Gasteiger partial charge in [0.25, 0.3) is 0 Å². The van der Waals surface area contributed by atoms with Crippen LogP contribution in [0.15, 0.2) is 51.3 Å². The smallest absolute Gasteiger partial charge is 0.196 e. The van der Waals surface area contributed by atoms with Gasteiger partial charge in [-0.1, -0.05) is 24.4 Å². The van der Waals surface area contributed by atoms with Crippen molar-refractivity contribution in [3.8, 4) is 0 Å². The Bertz CT molecular complexity index is 808. The summed E-state index contributed by atoms with van der Waals surface area (Å²) >= 11 is 1.65. The summed E-state index contributed by atoms with van der Waals surface area (Å²) in [5.41, 5.74) is 2.06. The monoisotopic (exact) mass is 314 g/mol. The van der Waals surface area contributed by atoms with E-state index in [0.29, 0.717) is 16.6 Å². The molecule has 0 radical (unpaired) electrons. The molecule has 0 spiro atoms. The summed E-state index contributed by atoms with van der Waals surface area (Å²) in [4.78, 5) is 21.0. The van der Waals surface area contributed by atoms with Gasteiger partial charge in [-0.25, -0.2) is 4.98 Å². The Kier molecular flexibility index (Phi) is 4.45. The summed E-state index contributed by atoms with van der Waals surface area (Å²) in [6.07, 6.45) is 8.03. The van der Waals surface area contributed by atoms with E-state index in [1.54, 1.807) is 17.8 Å². The predicted octanol–water partition coefficient (Wildman–Crippen LogP) is 3.52. The molecule has 4 nitrogen and oxygen atoms in total. The van der Waals surface area contributed by atoms with Crippen molar-refractivity contribution in [3.05, 3.63) is 57.2 Å². The number of nitrogens with one attached hydrogen (secondary N) is 1. The molecule has 0 unspecified atom stereocenters. The van der Waals surface area contributed by atoms with Crippen LogP contribution in [0.5, 0.6) is 0 Å². The van der Waals surface area contributed by atoms with Crippen molar-refractivity contribution in [1.29, 1.82) is 0 Å². The molecule has 22 heavy (non-hydrogen) atoms. The minimum atomic E-state index is -0.267. The number of aromatic amines is 1. The minimum Gasteiger partial charge on any atom is -0.391 e. The van der Waals surface area contributed by atoms with Gasteiger partial charge >= 0.3 is 0 Å². The predicted molar refractivity (Wildman–Crippen MR) is 89.8 cm³/mol. The Morgan fingerprint density at radius 1 is 1.36 bits per heavy atom. The molecule has 0 amide bonds. The molecule has 114 valence electrons. The highest BCUT2D eigenvalue weighted by atomic mass is 32.2. The molecule has 2 aromatic rings. The molecule has 2 N–H and O–H groups in total. The number of allylic oxidation sites excluding steroid dienone is 3. The Labute approximate surface area is 133 Å². The van der Waals surface area contributed by atoms with Crippen molar-refractivity contribution >= 4 is 22.8 Å². The summed E-state index contributed by atoms with van der Waals surface area (Å²) in [5, 5.41) is 10.5. The molecular formula is C17H18N2O2S. The second-order valence-corrected chi connectivity index (χ2v) is 6.42. The van der Waals surface area contributed by atoms with E-state index in [2.05, 4.69) is 16.5 Å². The normalized spacial score (nSPS) is 15.3. The van der Waals surface area contributed by atoms with Gasteiger partial charge in [0.05, 0.1) is 12.0 Å². The summed E-state index contributed by atoms with van der Waals surface area (Å²) in [7, 11) is 0. The van der Waals surface area contributed by atoms with Crippen LogP contribution in [0.4, 0.5) is 0 Å². The van der Waals surface area contributed by atoms with Gasteiger partial charge in [-0.15, -0.1) is 0 Å². The summed E-state index contributed by atoms with van der Waals surface area (Å²) < 4.78 is 0. The molecule has 2 heterocycles. The number of pyridine rings is 2. The molecule has 5 heteroatoms. The summed E-state index contributed by atoms with van der Waals surface area (Å²) in [5.74, 6) is 0. The molecule has 0 saturated heterocycles. The lowest BCUT2D eigenvalue weighted by atomic mass is 10.00. The number of thioether (sulfide) groups is 1. The molecule has 0 atom stereocenters. The Morgan fingerprint density at radius 2 is 2.18 bits per heavy atom. The summed E-state index contributed by atoms with van der Waals surface area (Å²) in [6.45, 7) is 3.63. The van der Waals surface area contributed by atoms with Crippen LogP contribution >= 0.6 is 11.8 Å². The Balaban J connectivity index is 1.97. The first-order valence-electron chi connectivity index (χ1n) is 7.37. The molecule has 2 aromatic heterocycles. The van der Waals surface area contributed by atoms with E-state index in [1.807, 2.05) is 12.1 Å². The molecule has 0 saturated carbocycles.